The van der Waals surface area contributed by atoms with E-state index in [-0.39, 0.29) is 0 Å². The Kier molecular flexibility index (Phi) is 5.38. The Balaban J connectivity index is 2.56. The molecule has 4 heteroatoms. The summed E-state index contributed by atoms with van der Waals surface area (Å²) in [6.45, 7) is 8.38. The fraction of sp³-hybridized carbons (Fsp3) is 0.750. The summed E-state index contributed by atoms with van der Waals surface area (Å²) in [7, 11) is 1.73. The van der Waals surface area contributed by atoms with Crippen molar-refractivity contribution in [3.63, 3.8) is 0 Å². The van der Waals surface area contributed by atoms with Gasteiger partial charge in [-0.2, -0.15) is 0 Å². The maximum Gasteiger partial charge on any atom is 0.109 e. The van der Waals surface area contributed by atoms with Crippen LogP contribution < -0.4 is 5.32 Å². The van der Waals surface area contributed by atoms with Gasteiger partial charge in [0.05, 0.1) is 12.6 Å². The van der Waals surface area contributed by atoms with Gasteiger partial charge in [0.15, 0.2) is 0 Å². The normalized spacial score (nSPS) is 14.0. The molecule has 0 bridgehead atoms. The number of ether oxygens (including phenoxy) is 1. The van der Waals surface area contributed by atoms with Gasteiger partial charge in [-0.3, -0.25) is 0 Å². The average molecular weight is 242 g/mol. The van der Waals surface area contributed by atoms with E-state index in [0.29, 0.717) is 11.5 Å². The van der Waals surface area contributed by atoms with Crippen LogP contribution in [0.5, 0.6) is 0 Å². The van der Waals surface area contributed by atoms with Crippen LogP contribution in [-0.2, 0) is 4.74 Å². The first-order valence-corrected chi connectivity index (χ1v) is 6.52. The summed E-state index contributed by atoms with van der Waals surface area (Å²) in [5, 5.41) is 6.71. The number of aromatic nitrogens is 1. The molecule has 1 aromatic rings. The Hall–Kier alpha value is -0.450. The van der Waals surface area contributed by atoms with Crippen molar-refractivity contribution in [2.75, 3.05) is 20.3 Å². The fourth-order valence-corrected chi connectivity index (χ4v) is 2.31. The molecule has 1 N–H and O–H groups in total. The number of hydrogen-bond donors (Lipinski definition) is 1. The predicted octanol–water partition coefficient (Wildman–Crippen LogP) is 2.86. The van der Waals surface area contributed by atoms with E-state index in [1.165, 1.54) is 5.01 Å². The summed E-state index contributed by atoms with van der Waals surface area (Å²) in [5.41, 5.74) is 0.302. The van der Waals surface area contributed by atoms with Crippen LogP contribution in [-0.4, -0.2) is 25.2 Å². The van der Waals surface area contributed by atoms with Gasteiger partial charge in [-0.15, -0.1) is 11.3 Å². The van der Waals surface area contributed by atoms with E-state index in [2.05, 4.69) is 31.1 Å². The maximum absolute atomic E-state index is 5.06. The summed E-state index contributed by atoms with van der Waals surface area (Å²) in [4.78, 5) is 4.39. The van der Waals surface area contributed by atoms with Gasteiger partial charge in [0.2, 0.25) is 0 Å². The van der Waals surface area contributed by atoms with Crippen molar-refractivity contribution in [1.29, 1.82) is 0 Å². The molecule has 0 spiro atoms. The van der Waals surface area contributed by atoms with Crippen LogP contribution in [0.3, 0.4) is 0 Å². The molecule has 0 amide bonds. The van der Waals surface area contributed by atoms with Crippen molar-refractivity contribution in [2.45, 2.75) is 33.2 Å². The molecule has 0 aliphatic carbocycles. The van der Waals surface area contributed by atoms with Crippen molar-refractivity contribution >= 4 is 11.3 Å². The Morgan fingerprint density at radius 1 is 1.50 bits per heavy atom. The summed E-state index contributed by atoms with van der Waals surface area (Å²) < 4.78 is 5.06. The Morgan fingerprint density at radius 2 is 2.25 bits per heavy atom. The van der Waals surface area contributed by atoms with Gasteiger partial charge in [0.25, 0.3) is 0 Å². The van der Waals surface area contributed by atoms with Gasteiger partial charge >= 0.3 is 0 Å². The molecule has 0 aliphatic heterocycles. The zero-order valence-electron chi connectivity index (χ0n) is 10.6. The van der Waals surface area contributed by atoms with Crippen LogP contribution in [0.15, 0.2) is 11.6 Å². The second-order valence-corrected chi connectivity index (χ2v) is 6.06. The van der Waals surface area contributed by atoms with E-state index >= 15 is 0 Å². The Labute approximate surface area is 102 Å². The third-order valence-electron chi connectivity index (χ3n) is 2.26. The summed E-state index contributed by atoms with van der Waals surface area (Å²) in [6.07, 6.45) is 2.96. The number of methoxy groups -OCH3 is 1. The quantitative estimate of drug-likeness (QED) is 0.779. The number of hydrogen-bond acceptors (Lipinski definition) is 4. The maximum atomic E-state index is 5.06. The number of nitrogens with one attached hydrogen (secondary N) is 1. The highest BCUT2D eigenvalue weighted by Crippen LogP contribution is 2.30. The molecule has 3 nitrogen and oxygen atoms in total. The minimum atomic E-state index is 0.302. The van der Waals surface area contributed by atoms with E-state index < -0.39 is 0 Å². The van der Waals surface area contributed by atoms with E-state index in [4.69, 9.17) is 4.74 Å². The van der Waals surface area contributed by atoms with E-state index in [1.54, 1.807) is 18.4 Å². The molecule has 1 unspecified atom stereocenters. The Morgan fingerprint density at radius 3 is 2.75 bits per heavy atom. The third-order valence-corrected chi connectivity index (χ3v) is 3.15. The van der Waals surface area contributed by atoms with Gasteiger partial charge in [-0.1, -0.05) is 20.8 Å². The van der Waals surface area contributed by atoms with Crippen LogP contribution in [0.2, 0.25) is 0 Å². The smallest absolute Gasteiger partial charge is 0.109 e. The molecular weight excluding hydrogens is 220 g/mol. The number of thiazole rings is 1. The molecule has 0 saturated carbocycles. The van der Waals surface area contributed by atoms with Crippen molar-refractivity contribution < 1.29 is 4.74 Å². The molecule has 16 heavy (non-hydrogen) atoms. The SMILES string of the molecule is COCCNC(CC(C)(C)C)c1nccs1. The van der Waals surface area contributed by atoms with E-state index in [0.717, 1.165) is 19.6 Å². The first-order chi connectivity index (χ1) is 7.53. The molecule has 0 saturated heterocycles. The third kappa shape index (κ3) is 5.05. The zero-order chi connectivity index (χ0) is 12.0. The standard InChI is InChI=1S/C12H22N2OS/c1-12(2,3)9-10(13-5-7-15-4)11-14-6-8-16-11/h6,8,10,13H,5,7,9H2,1-4H3. The molecule has 1 heterocycles. The van der Waals surface area contributed by atoms with Crippen molar-refractivity contribution in [3.8, 4) is 0 Å². The second kappa shape index (κ2) is 6.33. The molecule has 0 aliphatic rings. The largest absolute Gasteiger partial charge is 0.383 e. The molecule has 0 aromatic carbocycles. The fourth-order valence-electron chi connectivity index (χ4n) is 1.60. The lowest BCUT2D eigenvalue weighted by Crippen LogP contribution is -2.28. The predicted molar refractivity (Wildman–Crippen MR) is 68.8 cm³/mol. The lowest BCUT2D eigenvalue weighted by Gasteiger charge is -2.25. The van der Waals surface area contributed by atoms with Crippen LogP contribution in [0.1, 0.15) is 38.2 Å². The highest BCUT2D eigenvalue weighted by atomic mass is 32.1. The highest BCUT2D eigenvalue weighted by Gasteiger charge is 2.21. The lowest BCUT2D eigenvalue weighted by molar-refractivity contribution is 0.190. The topological polar surface area (TPSA) is 34.1 Å². The first kappa shape index (κ1) is 13.6. The average Bonchev–Trinajstić information content (AvgIpc) is 2.67. The summed E-state index contributed by atoms with van der Waals surface area (Å²) in [6, 6.07) is 0.343. The molecule has 92 valence electrons. The molecule has 1 aromatic heterocycles. The summed E-state index contributed by atoms with van der Waals surface area (Å²) >= 11 is 1.72. The van der Waals surface area contributed by atoms with Gasteiger partial charge in [-0.25, -0.2) is 4.98 Å². The van der Waals surface area contributed by atoms with Gasteiger partial charge in [0.1, 0.15) is 5.01 Å². The lowest BCUT2D eigenvalue weighted by atomic mass is 9.88. The molecular formula is C12H22N2OS. The monoisotopic (exact) mass is 242 g/mol. The second-order valence-electron chi connectivity index (χ2n) is 5.13. The molecule has 0 fully saturated rings. The van der Waals surface area contributed by atoms with Crippen LogP contribution in [0, 0.1) is 5.41 Å². The van der Waals surface area contributed by atoms with Crippen LogP contribution >= 0.6 is 11.3 Å². The van der Waals surface area contributed by atoms with E-state index in [9.17, 15) is 0 Å². The van der Waals surface area contributed by atoms with Gasteiger partial charge in [0, 0.05) is 25.2 Å². The molecule has 1 atom stereocenters. The van der Waals surface area contributed by atoms with Gasteiger partial charge < -0.3 is 10.1 Å². The van der Waals surface area contributed by atoms with Gasteiger partial charge in [-0.05, 0) is 11.8 Å². The summed E-state index contributed by atoms with van der Waals surface area (Å²) in [5.74, 6) is 0. The number of nitrogens with zero attached hydrogens (tertiary/aromatic N) is 1. The minimum Gasteiger partial charge on any atom is -0.383 e. The van der Waals surface area contributed by atoms with Crippen molar-refractivity contribution in [1.82, 2.24) is 10.3 Å². The van der Waals surface area contributed by atoms with Crippen LogP contribution in [0.4, 0.5) is 0 Å². The highest BCUT2D eigenvalue weighted by molar-refractivity contribution is 7.09. The number of rotatable bonds is 6. The van der Waals surface area contributed by atoms with Crippen molar-refractivity contribution in [3.05, 3.63) is 16.6 Å². The van der Waals surface area contributed by atoms with Crippen molar-refractivity contribution in [2.24, 2.45) is 5.41 Å². The first-order valence-electron chi connectivity index (χ1n) is 5.64. The van der Waals surface area contributed by atoms with Crippen LogP contribution in [0.25, 0.3) is 0 Å². The van der Waals surface area contributed by atoms with E-state index in [1.807, 2.05) is 11.6 Å². The molecule has 1 rings (SSSR count). The zero-order valence-corrected chi connectivity index (χ0v) is 11.4. The molecule has 0 radical (unpaired) electrons. The minimum absolute atomic E-state index is 0.302. The Bertz CT molecular complexity index is 280.